The van der Waals surface area contributed by atoms with Gasteiger partial charge in [-0.2, -0.15) is 0 Å². The van der Waals surface area contributed by atoms with E-state index in [1.165, 1.54) is 7.11 Å². The number of ether oxygens (including phenoxy) is 1. The average Bonchev–Trinajstić information content (AvgIpc) is 2.28. The summed E-state index contributed by atoms with van der Waals surface area (Å²) in [4.78, 5) is 15.0. The summed E-state index contributed by atoms with van der Waals surface area (Å²) in [7, 11) is -1.14. The highest BCUT2D eigenvalue weighted by molar-refractivity contribution is 7.58. The van der Waals surface area contributed by atoms with Crippen molar-refractivity contribution in [2.75, 3.05) is 52.8 Å². The zero-order valence-corrected chi connectivity index (χ0v) is 11.6. The molecule has 0 N–H and O–H groups in total. The highest BCUT2D eigenvalue weighted by atomic mass is 31.2. The van der Waals surface area contributed by atoms with Gasteiger partial charge in [0.15, 0.2) is 0 Å². The van der Waals surface area contributed by atoms with E-state index in [0.717, 1.165) is 0 Å². The van der Waals surface area contributed by atoms with Gasteiger partial charge in [-0.1, -0.05) is 0 Å². The third-order valence-corrected chi connectivity index (χ3v) is 4.38. The fourth-order valence-corrected chi connectivity index (χ4v) is 3.52. The Labute approximate surface area is 102 Å². The van der Waals surface area contributed by atoms with E-state index in [2.05, 4.69) is 9.64 Å². The van der Waals surface area contributed by atoms with Crippen molar-refractivity contribution in [1.82, 2.24) is 9.80 Å². The Morgan fingerprint density at radius 3 is 2.35 bits per heavy atom. The predicted molar refractivity (Wildman–Crippen MR) is 65.6 cm³/mol. The Kier molecular flexibility index (Phi) is 5.43. The van der Waals surface area contributed by atoms with Crippen LogP contribution in [0, 0.1) is 0 Å². The summed E-state index contributed by atoms with van der Waals surface area (Å²) in [5.74, 6) is 0. The second kappa shape index (κ2) is 6.38. The molecular formula is C10H21N2O4P. The number of amides is 1. The molecule has 1 fully saturated rings. The van der Waals surface area contributed by atoms with Gasteiger partial charge in [0.1, 0.15) is 0 Å². The van der Waals surface area contributed by atoms with E-state index >= 15 is 0 Å². The van der Waals surface area contributed by atoms with Crippen LogP contribution in [0.4, 0.5) is 4.79 Å². The lowest BCUT2D eigenvalue weighted by atomic mass is 10.3. The minimum Gasteiger partial charge on any atom is -0.453 e. The topological polar surface area (TPSA) is 59.1 Å². The maximum absolute atomic E-state index is 12.0. The van der Waals surface area contributed by atoms with Gasteiger partial charge in [-0.15, -0.1) is 0 Å². The predicted octanol–water partition coefficient (Wildman–Crippen LogP) is 1.27. The van der Waals surface area contributed by atoms with Gasteiger partial charge in [-0.05, 0) is 6.92 Å². The molecule has 1 unspecified atom stereocenters. The van der Waals surface area contributed by atoms with Crippen LogP contribution in [0.5, 0.6) is 0 Å². The van der Waals surface area contributed by atoms with Crippen LogP contribution < -0.4 is 0 Å². The first-order valence-corrected chi connectivity index (χ1v) is 8.00. The normalized spacial score (nSPS) is 21.0. The average molecular weight is 264 g/mol. The molecular weight excluding hydrogens is 243 g/mol. The molecule has 1 amide bonds. The molecule has 0 aromatic carbocycles. The number of nitrogens with zero attached hydrogens (tertiary/aromatic N) is 2. The van der Waals surface area contributed by atoms with E-state index in [4.69, 9.17) is 4.52 Å². The molecule has 1 aliphatic rings. The van der Waals surface area contributed by atoms with Gasteiger partial charge < -0.3 is 14.2 Å². The lowest BCUT2D eigenvalue weighted by Crippen LogP contribution is -2.48. The third-order valence-electron chi connectivity index (χ3n) is 2.66. The first kappa shape index (κ1) is 14.5. The van der Waals surface area contributed by atoms with E-state index in [0.29, 0.717) is 39.1 Å². The summed E-state index contributed by atoms with van der Waals surface area (Å²) in [6.45, 7) is 6.60. The molecule has 0 aromatic rings. The minimum absolute atomic E-state index is 0.297. The zero-order chi connectivity index (χ0) is 12.9. The van der Waals surface area contributed by atoms with Crippen molar-refractivity contribution in [1.29, 1.82) is 0 Å². The molecule has 0 aliphatic carbocycles. The number of rotatable bonds is 4. The standard InChI is InChI=1S/C10H21N2O4P/c1-4-16-17(3,14)9-11-5-7-12(8-6-11)10(13)15-2/h4-9H2,1-3H3. The van der Waals surface area contributed by atoms with E-state index in [1.54, 1.807) is 11.6 Å². The molecule has 0 aromatic heterocycles. The van der Waals surface area contributed by atoms with Gasteiger partial charge in [-0.25, -0.2) is 4.79 Å². The quantitative estimate of drug-likeness (QED) is 0.716. The molecule has 1 heterocycles. The highest BCUT2D eigenvalue weighted by Crippen LogP contribution is 2.42. The van der Waals surface area contributed by atoms with Gasteiger partial charge in [0.2, 0.25) is 7.37 Å². The Hall–Kier alpha value is -0.580. The summed E-state index contributed by atoms with van der Waals surface area (Å²) < 4.78 is 21.9. The van der Waals surface area contributed by atoms with Crippen molar-refractivity contribution in [3.8, 4) is 0 Å². The minimum atomic E-state index is -2.52. The monoisotopic (exact) mass is 264 g/mol. The van der Waals surface area contributed by atoms with Crippen molar-refractivity contribution in [2.24, 2.45) is 0 Å². The number of carbonyl (C=O) groups is 1. The van der Waals surface area contributed by atoms with Gasteiger partial charge >= 0.3 is 6.09 Å². The van der Waals surface area contributed by atoms with Crippen molar-refractivity contribution in [3.63, 3.8) is 0 Å². The van der Waals surface area contributed by atoms with Crippen molar-refractivity contribution in [2.45, 2.75) is 6.92 Å². The Bertz CT molecular complexity index is 303. The second-order valence-corrected chi connectivity index (χ2v) is 6.72. The van der Waals surface area contributed by atoms with Crippen LogP contribution in [0.3, 0.4) is 0 Å². The lowest BCUT2D eigenvalue weighted by Gasteiger charge is -2.34. The van der Waals surface area contributed by atoms with E-state index in [1.807, 2.05) is 6.92 Å². The van der Waals surface area contributed by atoms with Crippen LogP contribution in [0.2, 0.25) is 0 Å². The van der Waals surface area contributed by atoms with E-state index < -0.39 is 7.37 Å². The summed E-state index contributed by atoms with van der Waals surface area (Å²) in [5.41, 5.74) is 0. The third kappa shape index (κ3) is 4.66. The van der Waals surface area contributed by atoms with Gasteiger partial charge in [0.05, 0.1) is 20.0 Å². The van der Waals surface area contributed by atoms with Gasteiger partial charge in [-0.3, -0.25) is 9.46 Å². The van der Waals surface area contributed by atoms with Crippen LogP contribution in [0.25, 0.3) is 0 Å². The van der Waals surface area contributed by atoms with Crippen LogP contribution in [-0.4, -0.2) is 68.7 Å². The molecule has 17 heavy (non-hydrogen) atoms. The smallest absolute Gasteiger partial charge is 0.409 e. The molecule has 0 bridgehead atoms. The van der Waals surface area contributed by atoms with E-state index in [-0.39, 0.29) is 6.09 Å². The molecule has 0 spiro atoms. The van der Waals surface area contributed by atoms with Crippen molar-refractivity contribution < 1.29 is 18.6 Å². The SMILES string of the molecule is CCOP(C)(=O)CN1CCN(C(=O)OC)CC1. The zero-order valence-electron chi connectivity index (χ0n) is 10.7. The van der Waals surface area contributed by atoms with Crippen LogP contribution in [0.1, 0.15) is 6.92 Å². The molecule has 1 rings (SSSR count). The van der Waals surface area contributed by atoms with Crippen molar-refractivity contribution in [3.05, 3.63) is 0 Å². The van der Waals surface area contributed by atoms with Crippen LogP contribution in [0.15, 0.2) is 0 Å². The molecule has 100 valence electrons. The van der Waals surface area contributed by atoms with Gasteiger partial charge in [0.25, 0.3) is 0 Å². The number of methoxy groups -OCH3 is 1. The van der Waals surface area contributed by atoms with Crippen molar-refractivity contribution >= 4 is 13.5 Å². The highest BCUT2D eigenvalue weighted by Gasteiger charge is 2.26. The van der Waals surface area contributed by atoms with E-state index in [9.17, 15) is 9.36 Å². The fourth-order valence-electron chi connectivity index (χ4n) is 1.88. The largest absolute Gasteiger partial charge is 0.453 e. The molecule has 0 radical (unpaired) electrons. The molecule has 1 aliphatic heterocycles. The Morgan fingerprint density at radius 1 is 1.29 bits per heavy atom. The van der Waals surface area contributed by atoms with Crippen LogP contribution in [-0.2, 0) is 13.8 Å². The van der Waals surface area contributed by atoms with Crippen LogP contribution >= 0.6 is 7.37 Å². The Morgan fingerprint density at radius 2 is 1.88 bits per heavy atom. The molecule has 7 heteroatoms. The fraction of sp³-hybridized carbons (Fsp3) is 0.900. The maximum atomic E-state index is 12.0. The summed E-state index contributed by atoms with van der Waals surface area (Å²) in [6, 6.07) is 0. The molecule has 1 saturated heterocycles. The molecule has 6 nitrogen and oxygen atoms in total. The first-order valence-electron chi connectivity index (χ1n) is 5.75. The maximum Gasteiger partial charge on any atom is 0.409 e. The number of piperazine rings is 1. The first-order chi connectivity index (χ1) is 7.98. The van der Waals surface area contributed by atoms with Gasteiger partial charge in [0, 0.05) is 32.8 Å². The number of hydrogen-bond acceptors (Lipinski definition) is 5. The summed E-state index contributed by atoms with van der Waals surface area (Å²) in [5, 5.41) is 0. The lowest BCUT2D eigenvalue weighted by molar-refractivity contribution is 0.0953. The molecule has 1 atom stereocenters. The summed E-state index contributed by atoms with van der Waals surface area (Å²) in [6.07, 6.45) is 0.157. The molecule has 0 saturated carbocycles. The second-order valence-electron chi connectivity index (χ2n) is 4.15. The Balaban J connectivity index is 2.37. The number of hydrogen-bond donors (Lipinski definition) is 0. The number of carbonyl (C=O) groups excluding carboxylic acids is 1. The summed E-state index contributed by atoms with van der Waals surface area (Å²) >= 11 is 0.